The fourth-order valence-electron chi connectivity index (χ4n) is 4.81. The third-order valence-corrected chi connectivity index (χ3v) is 7.48. The molecule has 0 aromatic carbocycles. The lowest BCUT2D eigenvalue weighted by Gasteiger charge is -2.27. The molecule has 0 saturated carbocycles. The second-order valence-corrected chi connectivity index (χ2v) is 11.2. The first-order chi connectivity index (χ1) is 18.5. The van der Waals surface area contributed by atoms with E-state index in [1.807, 2.05) is 0 Å². The molecule has 0 aliphatic rings. The summed E-state index contributed by atoms with van der Waals surface area (Å²) in [6.45, 7) is 3.88. The molecule has 0 aromatic heterocycles. The van der Waals surface area contributed by atoms with Crippen molar-refractivity contribution in [2.45, 2.75) is 179 Å². The van der Waals surface area contributed by atoms with E-state index in [2.05, 4.69) is 31.3 Å². The lowest BCUT2D eigenvalue weighted by Crippen LogP contribution is -2.53. The zero-order chi connectivity index (χ0) is 28.3. The number of rotatable bonds is 28. The number of hydrogen-bond donors (Lipinski definition) is 5. The predicted molar refractivity (Wildman–Crippen MR) is 159 cm³/mol. The van der Waals surface area contributed by atoms with Crippen molar-refractivity contribution in [2.75, 3.05) is 6.61 Å². The van der Waals surface area contributed by atoms with Gasteiger partial charge < -0.3 is 25.7 Å². The van der Waals surface area contributed by atoms with Crippen molar-refractivity contribution in [3.8, 4) is 0 Å². The van der Waals surface area contributed by atoms with Crippen LogP contribution in [0.3, 0.4) is 0 Å². The highest BCUT2D eigenvalue weighted by molar-refractivity contribution is 5.80. The summed E-state index contributed by atoms with van der Waals surface area (Å²) in [5.41, 5.74) is 0. The summed E-state index contributed by atoms with van der Waals surface area (Å²) in [7, 11) is 0. The van der Waals surface area contributed by atoms with Crippen LogP contribution in [0.5, 0.6) is 0 Å². The van der Waals surface area contributed by atoms with Crippen LogP contribution in [0.4, 0.5) is 0 Å². The molecule has 0 saturated heterocycles. The summed E-state index contributed by atoms with van der Waals surface area (Å²) in [4.78, 5) is 12.3. The van der Waals surface area contributed by atoms with Crippen molar-refractivity contribution in [1.82, 2.24) is 5.32 Å². The zero-order valence-electron chi connectivity index (χ0n) is 24.9. The van der Waals surface area contributed by atoms with E-state index in [1.54, 1.807) is 0 Å². The molecule has 38 heavy (non-hydrogen) atoms. The third-order valence-electron chi connectivity index (χ3n) is 7.48. The first-order valence-electron chi connectivity index (χ1n) is 16.1. The lowest BCUT2D eigenvalue weighted by atomic mass is 9.99. The monoisotopic (exact) mass is 541 g/mol. The Morgan fingerprint density at radius 3 is 1.55 bits per heavy atom. The second-order valence-electron chi connectivity index (χ2n) is 11.2. The van der Waals surface area contributed by atoms with E-state index in [1.165, 1.54) is 77.0 Å². The minimum Gasteiger partial charge on any atom is -0.394 e. The Morgan fingerprint density at radius 2 is 1.05 bits per heavy atom. The number of unbranched alkanes of at least 4 members (excludes halogenated alkanes) is 17. The highest BCUT2D eigenvalue weighted by Gasteiger charge is 2.28. The molecule has 4 atom stereocenters. The Morgan fingerprint density at radius 1 is 0.632 bits per heavy atom. The van der Waals surface area contributed by atoms with E-state index in [-0.39, 0.29) is 0 Å². The van der Waals surface area contributed by atoms with Gasteiger partial charge in [0.1, 0.15) is 12.2 Å². The van der Waals surface area contributed by atoms with Gasteiger partial charge in [-0.1, -0.05) is 129 Å². The highest BCUT2D eigenvalue weighted by atomic mass is 16.3. The lowest BCUT2D eigenvalue weighted by molar-refractivity contribution is -0.132. The first-order valence-corrected chi connectivity index (χ1v) is 16.1. The SMILES string of the molecule is CCCCCCCCCC/C=C\CCCCCCCCC(O)C(=O)NC(CO)C(O)C(O)CCCCCC. The Balaban J connectivity index is 3.73. The van der Waals surface area contributed by atoms with Gasteiger partial charge in [0.05, 0.1) is 18.8 Å². The molecule has 6 heteroatoms. The molecule has 4 unspecified atom stereocenters. The van der Waals surface area contributed by atoms with Crippen LogP contribution in [0.25, 0.3) is 0 Å². The molecule has 0 aliphatic heterocycles. The Bertz CT molecular complexity index is 542. The molecule has 0 aliphatic carbocycles. The summed E-state index contributed by atoms with van der Waals surface area (Å²) in [5.74, 6) is -0.597. The van der Waals surface area contributed by atoms with Crippen LogP contribution in [0.15, 0.2) is 12.2 Å². The van der Waals surface area contributed by atoms with Gasteiger partial charge in [-0.3, -0.25) is 4.79 Å². The number of hydrogen-bond acceptors (Lipinski definition) is 5. The van der Waals surface area contributed by atoms with E-state index < -0.39 is 36.9 Å². The molecular weight excluding hydrogens is 478 g/mol. The molecule has 0 rings (SSSR count). The number of carbonyl (C=O) groups is 1. The number of carbonyl (C=O) groups excluding carboxylic acids is 1. The molecule has 0 radical (unpaired) electrons. The van der Waals surface area contributed by atoms with Crippen LogP contribution in [0.1, 0.15) is 155 Å². The molecule has 1 amide bonds. The van der Waals surface area contributed by atoms with Crippen molar-refractivity contribution in [1.29, 1.82) is 0 Å². The van der Waals surface area contributed by atoms with Crippen LogP contribution in [-0.2, 0) is 4.79 Å². The van der Waals surface area contributed by atoms with Gasteiger partial charge in [0.15, 0.2) is 0 Å². The molecule has 226 valence electrons. The van der Waals surface area contributed by atoms with Gasteiger partial charge in [-0.2, -0.15) is 0 Å². The van der Waals surface area contributed by atoms with E-state index in [0.29, 0.717) is 12.8 Å². The Labute approximate surface area is 234 Å². The number of nitrogens with one attached hydrogen (secondary N) is 1. The van der Waals surface area contributed by atoms with Crippen LogP contribution in [-0.4, -0.2) is 57.3 Å². The van der Waals surface area contributed by atoms with Gasteiger partial charge in [-0.25, -0.2) is 0 Å². The van der Waals surface area contributed by atoms with Gasteiger partial charge in [0.2, 0.25) is 5.91 Å². The standard InChI is InChI=1S/C32H63NO5/c1-3-5-7-9-10-11-12-13-14-15-16-17-18-19-20-21-22-24-26-30(36)32(38)33-28(27-34)31(37)29(35)25-23-8-6-4-2/h15-16,28-31,34-37H,3-14,17-27H2,1-2H3,(H,33,38)/b16-15-. The molecule has 0 bridgehead atoms. The summed E-state index contributed by atoms with van der Waals surface area (Å²) < 4.78 is 0. The van der Waals surface area contributed by atoms with Crippen molar-refractivity contribution in [3.05, 3.63) is 12.2 Å². The normalized spacial score (nSPS) is 15.0. The van der Waals surface area contributed by atoms with Gasteiger partial charge >= 0.3 is 0 Å². The molecule has 0 fully saturated rings. The molecule has 0 spiro atoms. The summed E-state index contributed by atoms with van der Waals surface area (Å²) >= 11 is 0. The number of amides is 1. The maximum atomic E-state index is 12.3. The quantitative estimate of drug-likeness (QED) is 0.0557. The van der Waals surface area contributed by atoms with Gasteiger partial charge in [0, 0.05) is 0 Å². The maximum Gasteiger partial charge on any atom is 0.249 e. The van der Waals surface area contributed by atoms with Crippen molar-refractivity contribution in [2.24, 2.45) is 0 Å². The topological polar surface area (TPSA) is 110 Å². The second kappa shape index (κ2) is 27.6. The minimum atomic E-state index is -1.25. The van der Waals surface area contributed by atoms with E-state index >= 15 is 0 Å². The highest BCUT2D eigenvalue weighted by Crippen LogP contribution is 2.14. The minimum absolute atomic E-state index is 0.362. The fraction of sp³-hybridized carbons (Fsp3) is 0.906. The third kappa shape index (κ3) is 21.9. The number of allylic oxidation sites excluding steroid dienone is 2. The van der Waals surface area contributed by atoms with Crippen LogP contribution < -0.4 is 5.32 Å². The number of aliphatic hydroxyl groups is 4. The van der Waals surface area contributed by atoms with E-state index in [4.69, 9.17) is 0 Å². The summed E-state index contributed by atoms with van der Waals surface area (Å²) in [5, 5.41) is 42.7. The smallest absolute Gasteiger partial charge is 0.249 e. The maximum absolute atomic E-state index is 12.3. The fourth-order valence-corrected chi connectivity index (χ4v) is 4.81. The average Bonchev–Trinajstić information content (AvgIpc) is 2.92. The molecule has 0 heterocycles. The van der Waals surface area contributed by atoms with Crippen LogP contribution in [0.2, 0.25) is 0 Å². The van der Waals surface area contributed by atoms with Gasteiger partial charge in [0.25, 0.3) is 0 Å². The molecule has 6 nitrogen and oxygen atoms in total. The van der Waals surface area contributed by atoms with Crippen molar-refractivity contribution in [3.63, 3.8) is 0 Å². The van der Waals surface area contributed by atoms with Crippen molar-refractivity contribution < 1.29 is 25.2 Å². The predicted octanol–water partition coefficient (Wildman–Crippen LogP) is 6.72. The summed E-state index contributed by atoms with van der Waals surface area (Å²) in [6.07, 6.45) is 25.7. The van der Waals surface area contributed by atoms with E-state index in [9.17, 15) is 25.2 Å². The van der Waals surface area contributed by atoms with Gasteiger partial charge in [-0.05, 0) is 38.5 Å². The van der Waals surface area contributed by atoms with E-state index in [0.717, 1.165) is 51.4 Å². The zero-order valence-corrected chi connectivity index (χ0v) is 24.9. The molecule has 5 N–H and O–H groups in total. The Hall–Kier alpha value is -0.950. The van der Waals surface area contributed by atoms with Gasteiger partial charge in [-0.15, -0.1) is 0 Å². The molecular formula is C32H63NO5. The van der Waals surface area contributed by atoms with Crippen LogP contribution in [0, 0.1) is 0 Å². The largest absolute Gasteiger partial charge is 0.394 e. The summed E-state index contributed by atoms with van der Waals surface area (Å²) in [6, 6.07) is -0.979. The first kappa shape index (κ1) is 37.0. The van der Waals surface area contributed by atoms with Crippen LogP contribution >= 0.6 is 0 Å². The molecule has 0 aromatic rings. The number of aliphatic hydroxyl groups excluding tert-OH is 4. The Kier molecular flexibility index (Phi) is 26.9. The van der Waals surface area contributed by atoms with Crippen molar-refractivity contribution >= 4 is 5.91 Å². The average molecular weight is 542 g/mol.